The van der Waals surface area contributed by atoms with Crippen molar-refractivity contribution in [3.8, 4) is 0 Å². The fourth-order valence-corrected chi connectivity index (χ4v) is 3.82. The first-order chi connectivity index (χ1) is 13.0. The molecule has 0 spiro atoms. The molecule has 0 saturated carbocycles. The van der Waals surface area contributed by atoms with Crippen LogP contribution >= 0.6 is 27.7 Å². The quantitative estimate of drug-likeness (QED) is 0.431. The summed E-state index contributed by atoms with van der Waals surface area (Å²) in [5, 5.41) is 0.386. The Morgan fingerprint density at radius 3 is 2.56 bits per heavy atom. The van der Waals surface area contributed by atoms with Gasteiger partial charge in [0.2, 0.25) is 0 Å². The Kier molecular flexibility index (Phi) is 4.72. The molecule has 1 saturated heterocycles. The maximum absolute atomic E-state index is 12.6. The van der Waals surface area contributed by atoms with E-state index in [0.29, 0.717) is 5.58 Å². The highest BCUT2D eigenvalue weighted by molar-refractivity contribution is 9.10. The molecule has 2 aromatic carbocycles. The van der Waals surface area contributed by atoms with Gasteiger partial charge in [0.25, 0.3) is 11.1 Å². The molecule has 0 unspecified atom stereocenters. The van der Waals surface area contributed by atoms with Gasteiger partial charge in [0.05, 0.1) is 17.0 Å². The lowest BCUT2D eigenvalue weighted by atomic mass is 10.1. The van der Waals surface area contributed by atoms with Crippen molar-refractivity contribution in [2.24, 2.45) is 0 Å². The molecule has 5 nitrogen and oxygen atoms in total. The molecule has 0 N–H and O–H groups in total. The number of carbonyl (C=O) groups is 2. The van der Waals surface area contributed by atoms with Gasteiger partial charge in [0.1, 0.15) is 5.58 Å². The Balaban J connectivity index is 1.64. The van der Waals surface area contributed by atoms with Crippen molar-refractivity contribution in [1.82, 2.24) is 4.90 Å². The third-order valence-electron chi connectivity index (χ3n) is 4.08. The average Bonchev–Trinajstić information content (AvgIpc) is 2.91. The number of thioether (sulfide) groups is 1. The molecule has 1 fully saturated rings. The summed E-state index contributed by atoms with van der Waals surface area (Å²) in [6, 6.07) is 16.2. The van der Waals surface area contributed by atoms with Crippen LogP contribution in [0, 0.1) is 0 Å². The van der Waals surface area contributed by atoms with Gasteiger partial charge in [0.15, 0.2) is 0 Å². The van der Waals surface area contributed by atoms with Crippen LogP contribution in [0.5, 0.6) is 0 Å². The van der Waals surface area contributed by atoms with Gasteiger partial charge >= 0.3 is 5.63 Å². The van der Waals surface area contributed by atoms with Crippen molar-refractivity contribution in [2.45, 2.75) is 6.54 Å². The summed E-state index contributed by atoms with van der Waals surface area (Å²) in [6.45, 7) is 0.182. The summed E-state index contributed by atoms with van der Waals surface area (Å²) in [5.41, 5.74) is 1.01. The molecule has 2 heterocycles. The van der Waals surface area contributed by atoms with E-state index in [4.69, 9.17) is 4.42 Å². The summed E-state index contributed by atoms with van der Waals surface area (Å²) in [4.78, 5) is 38.5. The van der Waals surface area contributed by atoms with Crippen LogP contribution in [0.25, 0.3) is 17.0 Å². The average molecular weight is 442 g/mol. The molecular weight excluding hydrogens is 430 g/mol. The maximum Gasteiger partial charge on any atom is 0.343 e. The van der Waals surface area contributed by atoms with E-state index >= 15 is 0 Å². The van der Waals surface area contributed by atoms with E-state index in [2.05, 4.69) is 15.9 Å². The van der Waals surface area contributed by atoms with Crippen molar-refractivity contribution in [3.63, 3.8) is 0 Å². The number of fused-ring (bicyclic) bond motifs is 1. The molecule has 27 heavy (non-hydrogen) atoms. The van der Waals surface area contributed by atoms with E-state index in [1.807, 2.05) is 36.4 Å². The molecule has 3 aromatic rings. The minimum absolute atomic E-state index is 0.182. The second-order valence-corrected chi connectivity index (χ2v) is 7.83. The summed E-state index contributed by atoms with van der Waals surface area (Å²) in [6.07, 6.45) is 1.42. The van der Waals surface area contributed by atoms with E-state index in [0.717, 1.165) is 27.2 Å². The predicted molar refractivity (Wildman–Crippen MR) is 108 cm³/mol. The molecule has 1 aliphatic rings. The maximum atomic E-state index is 12.6. The Labute approximate surface area is 166 Å². The first kappa shape index (κ1) is 17.8. The van der Waals surface area contributed by atoms with Gasteiger partial charge in [-0.1, -0.05) is 46.3 Å². The summed E-state index contributed by atoms with van der Waals surface area (Å²) in [5.74, 6) is -0.416. The lowest BCUT2D eigenvalue weighted by molar-refractivity contribution is -0.123. The van der Waals surface area contributed by atoms with Crippen LogP contribution in [0.15, 0.2) is 73.2 Å². The van der Waals surface area contributed by atoms with Crippen LogP contribution in [-0.4, -0.2) is 16.0 Å². The fourth-order valence-electron chi connectivity index (χ4n) is 2.73. The lowest BCUT2D eigenvalue weighted by Gasteiger charge is -2.12. The second-order valence-electron chi connectivity index (χ2n) is 5.92. The van der Waals surface area contributed by atoms with Gasteiger partial charge < -0.3 is 4.42 Å². The number of nitrogens with zero attached hydrogens (tertiary/aromatic N) is 1. The van der Waals surface area contributed by atoms with Crippen LogP contribution < -0.4 is 5.63 Å². The molecule has 0 atom stereocenters. The van der Waals surface area contributed by atoms with Gasteiger partial charge in [-0.05, 0) is 47.7 Å². The van der Waals surface area contributed by atoms with Gasteiger partial charge in [-0.25, -0.2) is 4.79 Å². The number of para-hydroxylation sites is 1. The number of halogens is 1. The van der Waals surface area contributed by atoms with Crippen molar-refractivity contribution in [3.05, 3.63) is 85.5 Å². The Bertz CT molecular complexity index is 1150. The zero-order valence-corrected chi connectivity index (χ0v) is 16.2. The van der Waals surface area contributed by atoms with E-state index in [9.17, 15) is 14.4 Å². The topological polar surface area (TPSA) is 67.6 Å². The summed E-state index contributed by atoms with van der Waals surface area (Å²) in [7, 11) is 0. The van der Waals surface area contributed by atoms with Gasteiger partial charge in [0, 0.05) is 9.86 Å². The smallest absolute Gasteiger partial charge is 0.343 e. The first-order valence-electron chi connectivity index (χ1n) is 8.04. The van der Waals surface area contributed by atoms with Gasteiger partial charge in [-0.15, -0.1) is 0 Å². The van der Waals surface area contributed by atoms with E-state index in [1.165, 1.54) is 11.0 Å². The monoisotopic (exact) mass is 441 g/mol. The second kappa shape index (κ2) is 7.17. The van der Waals surface area contributed by atoms with Crippen molar-refractivity contribution < 1.29 is 14.0 Å². The number of rotatable bonds is 3. The molecule has 0 bridgehead atoms. The van der Waals surface area contributed by atoms with Crippen molar-refractivity contribution >= 4 is 55.9 Å². The minimum Gasteiger partial charge on any atom is -0.422 e. The van der Waals surface area contributed by atoms with E-state index < -0.39 is 11.5 Å². The zero-order chi connectivity index (χ0) is 19.0. The molecular formula is C20H12BrNO4S. The number of benzene rings is 2. The van der Waals surface area contributed by atoms with E-state index in [1.54, 1.807) is 18.2 Å². The molecule has 1 aromatic heterocycles. The van der Waals surface area contributed by atoms with Crippen LogP contribution in [0.3, 0.4) is 0 Å². The normalized spacial score (nSPS) is 15.9. The molecule has 0 aliphatic carbocycles. The Morgan fingerprint density at radius 2 is 1.78 bits per heavy atom. The summed E-state index contributed by atoms with van der Waals surface area (Å²) >= 11 is 4.18. The molecule has 0 radical (unpaired) electrons. The highest BCUT2D eigenvalue weighted by atomic mass is 79.9. The summed E-state index contributed by atoms with van der Waals surface area (Å²) < 4.78 is 6.19. The largest absolute Gasteiger partial charge is 0.422 e. The lowest BCUT2D eigenvalue weighted by Crippen LogP contribution is -2.27. The Hall–Kier alpha value is -2.64. The zero-order valence-electron chi connectivity index (χ0n) is 13.8. The highest BCUT2D eigenvalue weighted by Crippen LogP contribution is 2.33. The third-order valence-corrected chi connectivity index (χ3v) is 5.52. The number of hydrogen-bond donors (Lipinski definition) is 0. The van der Waals surface area contributed by atoms with Crippen LogP contribution in [-0.2, 0) is 11.3 Å². The number of carbonyl (C=O) groups excluding carboxylic acids is 2. The molecule has 2 amide bonds. The van der Waals surface area contributed by atoms with Crippen LogP contribution in [0.1, 0.15) is 11.1 Å². The SMILES string of the molecule is O=C1S/C(=C/c2cc3ccccc3oc2=O)C(=O)N1Cc1ccc(Br)cc1. The molecule has 134 valence electrons. The first-order valence-corrected chi connectivity index (χ1v) is 9.65. The van der Waals surface area contributed by atoms with Gasteiger partial charge in [-0.3, -0.25) is 14.5 Å². The third kappa shape index (κ3) is 3.61. The Morgan fingerprint density at radius 1 is 1.04 bits per heavy atom. The minimum atomic E-state index is -0.548. The van der Waals surface area contributed by atoms with Crippen molar-refractivity contribution in [2.75, 3.05) is 0 Å². The van der Waals surface area contributed by atoms with E-state index in [-0.39, 0.29) is 22.3 Å². The standard InChI is InChI=1S/C20H12BrNO4S/c21-15-7-5-12(6-8-15)11-22-18(23)17(27-20(22)25)10-14-9-13-3-1-2-4-16(13)26-19(14)24/h1-10H,11H2/b17-10+. The molecule has 1 aliphatic heterocycles. The van der Waals surface area contributed by atoms with Crippen LogP contribution in [0.4, 0.5) is 4.79 Å². The number of imide groups is 1. The number of amides is 2. The molecule has 4 rings (SSSR count). The number of hydrogen-bond acceptors (Lipinski definition) is 5. The fraction of sp³-hybridized carbons (Fsp3) is 0.0500. The highest BCUT2D eigenvalue weighted by Gasteiger charge is 2.35. The molecule has 7 heteroatoms. The van der Waals surface area contributed by atoms with Gasteiger partial charge in [-0.2, -0.15) is 0 Å². The predicted octanol–water partition coefficient (Wildman–Crippen LogP) is 4.79. The van der Waals surface area contributed by atoms with Crippen molar-refractivity contribution in [1.29, 1.82) is 0 Å². The van der Waals surface area contributed by atoms with Crippen LogP contribution in [0.2, 0.25) is 0 Å².